The third-order valence-electron chi connectivity index (χ3n) is 6.87. The number of anilines is 1. The van der Waals surface area contributed by atoms with E-state index >= 15 is 0 Å². The number of ether oxygens (including phenoxy) is 2. The van der Waals surface area contributed by atoms with Crippen molar-refractivity contribution < 1.29 is 18.7 Å². The predicted molar refractivity (Wildman–Crippen MR) is 150 cm³/mol. The molecule has 1 amide bonds. The predicted octanol–water partition coefficient (Wildman–Crippen LogP) is 7.82. The molecule has 5 rings (SSSR count). The van der Waals surface area contributed by atoms with E-state index in [-0.39, 0.29) is 23.8 Å². The van der Waals surface area contributed by atoms with Gasteiger partial charge in [-0.15, -0.1) is 0 Å². The molecule has 1 aliphatic rings. The summed E-state index contributed by atoms with van der Waals surface area (Å²) in [7, 11) is 0. The molecule has 0 atom stereocenters. The maximum atomic E-state index is 14.1. The Morgan fingerprint density at radius 2 is 1.68 bits per heavy atom. The molecule has 0 fully saturated rings. The van der Waals surface area contributed by atoms with Crippen LogP contribution in [0.4, 0.5) is 5.69 Å². The lowest BCUT2D eigenvalue weighted by atomic mass is 9.87. The number of amides is 1. The van der Waals surface area contributed by atoms with Gasteiger partial charge in [-0.25, -0.2) is 4.98 Å². The first-order chi connectivity index (χ1) is 18.2. The average molecular weight is 511 g/mol. The van der Waals surface area contributed by atoms with E-state index in [2.05, 4.69) is 58.9 Å². The smallest absolute Gasteiger partial charge is 0.280 e. The van der Waals surface area contributed by atoms with Crippen LogP contribution in [-0.2, 0) is 5.41 Å². The monoisotopic (exact) mass is 510 g/mol. The molecule has 38 heavy (non-hydrogen) atoms. The molecule has 1 aliphatic heterocycles. The number of rotatable bonds is 6. The molecule has 0 unspecified atom stereocenters. The Bertz CT molecular complexity index is 1460. The second kappa shape index (κ2) is 10.0. The number of aromatic nitrogens is 1. The molecule has 0 spiro atoms. The third-order valence-corrected chi connectivity index (χ3v) is 6.87. The van der Waals surface area contributed by atoms with Crippen molar-refractivity contribution >= 4 is 11.6 Å². The van der Waals surface area contributed by atoms with Crippen molar-refractivity contribution in [1.29, 1.82) is 0 Å². The summed E-state index contributed by atoms with van der Waals surface area (Å²) in [5.41, 5.74) is 5.05. The van der Waals surface area contributed by atoms with Crippen LogP contribution in [0.3, 0.4) is 0 Å². The van der Waals surface area contributed by atoms with Gasteiger partial charge in [-0.3, -0.25) is 4.79 Å². The van der Waals surface area contributed by atoms with Crippen molar-refractivity contribution in [1.82, 2.24) is 4.98 Å². The minimum Gasteiger partial charge on any atom is -0.454 e. The van der Waals surface area contributed by atoms with Gasteiger partial charge in [-0.2, -0.15) is 0 Å². The molecule has 2 heterocycles. The van der Waals surface area contributed by atoms with E-state index in [0.29, 0.717) is 41.3 Å². The second-order valence-corrected chi connectivity index (χ2v) is 10.9. The minimum absolute atomic E-state index is 0.0327. The van der Waals surface area contributed by atoms with Gasteiger partial charge in [0.2, 0.25) is 12.7 Å². The molecule has 4 aromatic rings. The molecule has 1 aromatic heterocycles. The summed E-state index contributed by atoms with van der Waals surface area (Å²) in [6.45, 7) is 13.4. The Morgan fingerprint density at radius 1 is 0.947 bits per heavy atom. The third kappa shape index (κ3) is 4.91. The van der Waals surface area contributed by atoms with Gasteiger partial charge in [0.25, 0.3) is 5.91 Å². The summed E-state index contributed by atoms with van der Waals surface area (Å²) in [4.78, 5) is 20.5. The van der Waals surface area contributed by atoms with Gasteiger partial charge in [0.1, 0.15) is 0 Å². The topological polar surface area (TPSA) is 64.8 Å². The lowest BCUT2D eigenvalue weighted by molar-refractivity contribution is 0.0984. The normalized spacial score (nSPS) is 12.7. The van der Waals surface area contributed by atoms with E-state index < -0.39 is 0 Å². The summed E-state index contributed by atoms with van der Waals surface area (Å²) in [6.07, 6.45) is 0. The van der Waals surface area contributed by atoms with Crippen LogP contribution in [0.1, 0.15) is 69.1 Å². The summed E-state index contributed by atoms with van der Waals surface area (Å²) in [5, 5.41) is 0. The molecule has 0 bridgehead atoms. The van der Waals surface area contributed by atoms with Gasteiger partial charge in [-0.05, 0) is 59.7 Å². The number of carbonyl (C=O) groups is 1. The number of fused-ring (bicyclic) bond motifs is 1. The lowest BCUT2D eigenvalue weighted by Crippen LogP contribution is -2.31. The maximum Gasteiger partial charge on any atom is 0.280 e. The standard InChI is InChI=1S/C32H34N2O4/c1-7-34(25-15-16-26-27(18-25)37-19-36-26)31(35)28-29(23-10-8-9-22(17-23)20(2)3)38-30(33-28)21-11-13-24(14-12-21)32(4,5)6/h8-18,20H,7,19H2,1-6H3. The first kappa shape index (κ1) is 25.6. The van der Waals surface area contributed by atoms with Crippen molar-refractivity contribution in [3.8, 4) is 34.3 Å². The molecule has 196 valence electrons. The van der Waals surface area contributed by atoms with E-state index in [4.69, 9.17) is 18.9 Å². The van der Waals surface area contributed by atoms with Crippen LogP contribution in [0.5, 0.6) is 11.5 Å². The van der Waals surface area contributed by atoms with E-state index in [9.17, 15) is 4.79 Å². The molecule has 0 radical (unpaired) electrons. The zero-order valence-corrected chi connectivity index (χ0v) is 22.9. The molecule has 6 heteroatoms. The molecule has 0 aliphatic carbocycles. The Kier molecular flexibility index (Phi) is 6.74. The highest BCUT2D eigenvalue weighted by molar-refractivity contribution is 6.08. The van der Waals surface area contributed by atoms with Crippen molar-refractivity contribution in [3.05, 3.63) is 83.6 Å². The van der Waals surface area contributed by atoms with Gasteiger partial charge >= 0.3 is 0 Å². The average Bonchev–Trinajstić information content (AvgIpc) is 3.56. The molecule has 6 nitrogen and oxygen atoms in total. The fourth-order valence-electron chi connectivity index (χ4n) is 4.56. The Morgan fingerprint density at radius 3 is 2.37 bits per heavy atom. The van der Waals surface area contributed by atoms with Gasteiger partial charge in [0.05, 0.1) is 0 Å². The van der Waals surface area contributed by atoms with Crippen molar-refractivity contribution in [2.45, 2.75) is 52.9 Å². The van der Waals surface area contributed by atoms with Crippen LogP contribution in [0, 0.1) is 0 Å². The number of oxazole rings is 1. The fourth-order valence-corrected chi connectivity index (χ4v) is 4.56. The molecular formula is C32H34N2O4. The van der Waals surface area contributed by atoms with Gasteiger partial charge < -0.3 is 18.8 Å². The molecule has 3 aromatic carbocycles. The van der Waals surface area contributed by atoms with Crippen molar-refractivity contribution in [2.24, 2.45) is 0 Å². The number of benzene rings is 3. The Hall–Kier alpha value is -4.06. The van der Waals surface area contributed by atoms with E-state index in [0.717, 1.165) is 16.7 Å². The fraction of sp³-hybridized carbons (Fsp3) is 0.312. The van der Waals surface area contributed by atoms with Crippen LogP contribution < -0.4 is 14.4 Å². The Balaban J connectivity index is 1.60. The van der Waals surface area contributed by atoms with E-state index in [1.165, 1.54) is 5.56 Å². The summed E-state index contributed by atoms with van der Waals surface area (Å²) in [5.74, 6) is 2.27. The van der Waals surface area contributed by atoms with Gasteiger partial charge in [0.15, 0.2) is 23.0 Å². The highest BCUT2D eigenvalue weighted by Crippen LogP contribution is 2.37. The first-order valence-electron chi connectivity index (χ1n) is 13.1. The van der Waals surface area contributed by atoms with E-state index in [1.807, 2.05) is 49.4 Å². The van der Waals surface area contributed by atoms with Crippen LogP contribution in [0.2, 0.25) is 0 Å². The zero-order valence-electron chi connectivity index (χ0n) is 22.9. The largest absolute Gasteiger partial charge is 0.454 e. The summed E-state index contributed by atoms with van der Waals surface area (Å²) in [6, 6.07) is 21.8. The number of nitrogens with zero attached hydrogens (tertiary/aromatic N) is 2. The molecular weight excluding hydrogens is 476 g/mol. The van der Waals surface area contributed by atoms with Crippen molar-refractivity contribution in [3.63, 3.8) is 0 Å². The maximum absolute atomic E-state index is 14.1. The van der Waals surface area contributed by atoms with E-state index in [1.54, 1.807) is 4.90 Å². The molecule has 0 saturated heterocycles. The molecule has 0 saturated carbocycles. The zero-order chi connectivity index (χ0) is 27.0. The number of hydrogen-bond donors (Lipinski definition) is 0. The van der Waals surface area contributed by atoms with Crippen LogP contribution in [-0.4, -0.2) is 24.2 Å². The summed E-state index contributed by atoms with van der Waals surface area (Å²) < 4.78 is 17.4. The highest BCUT2D eigenvalue weighted by atomic mass is 16.7. The molecule has 0 N–H and O–H groups in total. The van der Waals surface area contributed by atoms with Gasteiger partial charge in [0, 0.05) is 29.4 Å². The number of hydrogen-bond acceptors (Lipinski definition) is 5. The first-order valence-corrected chi connectivity index (χ1v) is 13.1. The van der Waals surface area contributed by atoms with Crippen LogP contribution >= 0.6 is 0 Å². The second-order valence-electron chi connectivity index (χ2n) is 10.9. The quantitative estimate of drug-likeness (QED) is 0.264. The Labute approximate surface area is 224 Å². The minimum atomic E-state index is -0.238. The van der Waals surface area contributed by atoms with Gasteiger partial charge in [-0.1, -0.05) is 65.0 Å². The van der Waals surface area contributed by atoms with Crippen LogP contribution in [0.25, 0.3) is 22.8 Å². The highest BCUT2D eigenvalue weighted by Gasteiger charge is 2.28. The lowest BCUT2D eigenvalue weighted by Gasteiger charge is -2.20. The van der Waals surface area contributed by atoms with Crippen LogP contribution in [0.15, 0.2) is 71.1 Å². The summed E-state index contributed by atoms with van der Waals surface area (Å²) >= 11 is 0. The number of carbonyl (C=O) groups excluding carboxylic acids is 1. The SMILES string of the molecule is CCN(C(=O)c1nc(-c2ccc(C(C)(C)C)cc2)oc1-c1cccc(C(C)C)c1)c1ccc2c(c1)OCO2. The van der Waals surface area contributed by atoms with Crippen molar-refractivity contribution in [2.75, 3.05) is 18.2 Å².